The fraction of sp³-hybridized carbons (Fsp3) is 0.400. The van der Waals surface area contributed by atoms with Gasteiger partial charge in [-0.15, -0.1) is 0 Å². The van der Waals surface area contributed by atoms with Gasteiger partial charge in [0.25, 0.3) is 0 Å². The van der Waals surface area contributed by atoms with Gasteiger partial charge >= 0.3 is 0 Å². The standard InChI is InChI=1S/C10H12F2O3/c11-6-14-4-8-1-2-10(13)9(3-8)5-15-7-12/h1-3,13H,4-7H2. The summed E-state index contributed by atoms with van der Waals surface area (Å²) in [5, 5.41) is 9.37. The summed E-state index contributed by atoms with van der Waals surface area (Å²) >= 11 is 0. The van der Waals surface area contributed by atoms with E-state index >= 15 is 0 Å². The lowest BCUT2D eigenvalue weighted by Gasteiger charge is -2.06. The van der Waals surface area contributed by atoms with Crippen LogP contribution in [0.15, 0.2) is 18.2 Å². The van der Waals surface area contributed by atoms with Crippen LogP contribution in [0.25, 0.3) is 0 Å². The van der Waals surface area contributed by atoms with Gasteiger partial charge in [0.15, 0.2) is 13.7 Å². The highest BCUT2D eigenvalue weighted by molar-refractivity contribution is 5.35. The van der Waals surface area contributed by atoms with Crippen LogP contribution in [0, 0.1) is 0 Å². The van der Waals surface area contributed by atoms with E-state index in [1.54, 1.807) is 12.1 Å². The Kier molecular flexibility index (Phi) is 5.00. The third-order valence-corrected chi connectivity index (χ3v) is 1.82. The van der Waals surface area contributed by atoms with E-state index in [2.05, 4.69) is 9.47 Å². The van der Waals surface area contributed by atoms with Crippen LogP contribution in [0.2, 0.25) is 0 Å². The number of hydrogen-bond acceptors (Lipinski definition) is 3. The van der Waals surface area contributed by atoms with Crippen LogP contribution in [0.5, 0.6) is 5.75 Å². The zero-order valence-electron chi connectivity index (χ0n) is 8.08. The predicted octanol–water partition coefficient (Wildman–Crippen LogP) is 2.28. The van der Waals surface area contributed by atoms with Gasteiger partial charge < -0.3 is 14.6 Å². The molecule has 0 heterocycles. The molecule has 0 fully saturated rings. The van der Waals surface area contributed by atoms with Crippen LogP contribution in [-0.4, -0.2) is 18.8 Å². The van der Waals surface area contributed by atoms with Crippen molar-refractivity contribution >= 4 is 0 Å². The van der Waals surface area contributed by atoms with Crippen LogP contribution >= 0.6 is 0 Å². The second-order valence-corrected chi connectivity index (χ2v) is 2.88. The summed E-state index contributed by atoms with van der Waals surface area (Å²) in [5.41, 5.74) is 1.15. The molecule has 1 aromatic carbocycles. The molecule has 0 spiro atoms. The molecular weight excluding hydrogens is 206 g/mol. The van der Waals surface area contributed by atoms with Gasteiger partial charge in [-0.05, 0) is 17.7 Å². The average Bonchev–Trinajstić information content (AvgIpc) is 2.26. The normalized spacial score (nSPS) is 10.5. The van der Waals surface area contributed by atoms with Crippen molar-refractivity contribution in [3.63, 3.8) is 0 Å². The Morgan fingerprint density at radius 3 is 2.40 bits per heavy atom. The minimum atomic E-state index is -0.912. The van der Waals surface area contributed by atoms with Crippen molar-refractivity contribution in [2.45, 2.75) is 13.2 Å². The van der Waals surface area contributed by atoms with Crippen LogP contribution in [0.4, 0.5) is 8.78 Å². The number of benzene rings is 1. The Morgan fingerprint density at radius 2 is 1.73 bits per heavy atom. The van der Waals surface area contributed by atoms with Gasteiger partial charge in [-0.2, -0.15) is 0 Å². The van der Waals surface area contributed by atoms with E-state index in [4.69, 9.17) is 0 Å². The van der Waals surface area contributed by atoms with Crippen LogP contribution < -0.4 is 0 Å². The first-order valence-corrected chi connectivity index (χ1v) is 4.36. The molecule has 0 bridgehead atoms. The molecule has 3 nitrogen and oxygen atoms in total. The summed E-state index contributed by atoms with van der Waals surface area (Å²) in [6, 6.07) is 4.62. The third kappa shape index (κ3) is 3.81. The van der Waals surface area contributed by atoms with Gasteiger partial charge in [0.2, 0.25) is 0 Å². The summed E-state index contributed by atoms with van der Waals surface area (Å²) < 4.78 is 32.5. The van der Waals surface area contributed by atoms with E-state index in [-0.39, 0.29) is 19.0 Å². The maximum Gasteiger partial charge on any atom is 0.188 e. The molecule has 0 unspecified atom stereocenters. The van der Waals surface area contributed by atoms with E-state index in [9.17, 15) is 13.9 Å². The molecule has 5 heteroatoms. The van der Waals surface area contributed by atoms with Crippen LogP contribution in [0.3, 0.4) is 0 Å². The van der Waals surface area contributed by atoms with Crippen molar-refractivity contribution < 1.29 is 23.4 Å². The number of phenols is 1. The summed E-state index contributed by atoms with van der Waals surface area (Å²) in [6.07, 6.45) is 0. The van der Waals surface area contributed by atoms with Crippen LogP contribution in [0.1, 0.15) is 11.1 Å². The molecule has 0 aliphatic carbocycles. The smallest absolute Gasteiger partial charge is 0.188 e. The zero-order chi connectivity index (χ0) is 11.1. The first kappa shape index (κ1) is 11.9. The fourth-order valence-electron chi connectivity index (χ4n) is 1.15. The Hall–Kier alpha value is -1.20. The highest BCUT2D eigenvalue weighted by Gasteiger charge is 2.03. The van der Waals surface area contributed by atoms with E-state index < -0.39 is 13.7 Å². The molecule has 0 aliphatic heterocycles. The molecule has 0 radical (unpaired) electrons. The van der Waals surface area contributed by atoms with Gasteiger partial charge in [0.1, 0.15) is 5.75 Å². The molecular formula is C10H12F2O3. The van der Waals surface area contributed by atoms with Crippen molar-refractivity contribution in [2.24, 2.45) is 0 Å². The van der Waals surface area contributed by atoms with Crippen molar-refractivity contribution in [1.29, 1.82) is 0 Å². The number of alkyl halides is 2. The van der Waals surface area contributed by atoms with Gasteiger partial charge in [-0.25, -0.2) is 8.78 Å². The molecule has 0 amide bonds. The van der Waals surface area contributed by atoms with E-state index in [1.165, 1.54) is 6.07 Å². The molecule has 0 aromatic heterocycles. The molecule has 15 heavy (non-hydrogen) atoms. The first-order valence-electron chi connectivity index (χ1n) is 4.36. The number of aromatic hydroxyl groups is 1. The first-order chi connectivity index (χ1) is 7.27. The van der Waals surface area contributed by atoms with Gasteiger partial charge in [-0.1, -0.05) is 6.07 Å². The fourth-order valence-corrected chi connectivity index (χ4v) is 1.15. The quantitative estimate of drug-likeness (QED) is 0.796. The monoisotopic (exact) mass is 218 g/mol. The lowest BCUT2D eigenvalue weighted by Crippen LogP contribution is -1.96. The van der Waals surface area contributed by atoms with Crippen molar-refractivity contribution in [3.05, 3.63) is 29.3 Å². The lowest BCUT2D eigenvalue weighted by atomic mass is 10.1. The Morgan fingerprint density at radius 1 is 1.07 bits per heavy atom. The molecule has 0 saturated carbocycles. The van der Waals surface area contributed by atoms with E-state index in [1.807, 2.05) is 0 Å². The largest absolute Gasteiger partial charge is 0.508 e. The van der Waals surface area contributed by atoms with Gasteiger partial charge in [-0.3, -0.25) is 0 Å². The number of hydrogen-bond donors (Lipinski definition) is 1. The molecule has 84 valence electrons. The second kappa shape index (κ2) is 6.31. The summed E-state index contributed by atoms with van der Waals surface area (Å²) in [6.45, 7) is -1.69. The minimum Gasteiger partial charge on any atom is -0.508 e. The molecule has 0 aliphatic rings. The highest BCUT2D eigenvalue weighted by atomic mass is 19.1. The highest BCUT2D eigenvalue weighted by Crippen LogP contribution is 2.19. The topological polar surface area (TPSA) is 38.7 Å². The molecule has 0 atom stereocenters. The van der Waals surface area contributed by atoms with Crippen molar-refractivity contribution in [3.8, 4) is 5.75 Å². The number of rotatable bonds is 6. The number of ether oxygens (including phenoxy) is 2. The Balaban J connectivity index is 2.66. The summed E-state index contributed by atoms with van der Waals surface area (Å²) in [7, 11) is 0. The predicted molar refractivity (Wildman–Crippen MR) is 49.6 cm³/mol. The van der Waals surface area contributed by atoms with Gasteiger partial charge in [0.05, 0.1) is 13.2 Å². The maximum atomic E-state index is 11.7. The van der Waals surface area contributed by atoms with Crippen molar-refractivity contribution in [1.82, 2.24) is 0 Å². The van der Waals surface area contributed by atoms with E-state index in [0.717, 1.165) is 0 Å². The molecule has 1 aromatic rings. The number of halogens is 2. The molecule has 0 saturated heterocycles. The lowest BCUT2D eigenvalue weighted by molar-refractivity contribution is 0.0429. The van der Waals surface area contributed by atoms with Crippen molar-refractivity contribution in [2.75, 3.05) is 13.7 Å². The molecule has 1 rings (SSSR count). The summed E-state index contributed by atoms with van der Waals surface area (Å²) in [5.74, 6) is 0.0208. The SMILES string of the molecule is Oc1ccc(COCF)cc1COCF. The molecule has 1 N–H and O–H groups in total. The van der Waals surface area contributed by atoms with Crippen LogP contribution in [-0.2, 0) is 22.7 Å². The Labute approximate surface area is 86.2 Å². The summed E-state index contributed by atoms with van der Waals surface area (Å²) in [4.78, 5) is 0. The minimum absolute atomic E-state index is 0.0208. The number of phenolic OH excluding ortho intramolecular Hbond substituents is 1. The third-order valence-electron chi connectivity index (χ3n) is 1.82. The Bertz CT molecular complexity index is 305. The second-order valence-electron chi connectivity index (χ2n) is 2.88. The maximum absolute atomic E-state index is 11.7. The van der Waals surface area contributed by atoms with E-state index in [0.29, 0.717) is 11.1 Å². The average molecular weight is 218 g/mol. The van der Waals surface area contributed by atoms with Gasteiger partial charge in [0, 0.05) is 5.56 Å². The zero-order valence-corrected chi connectivity index (χ0v) is 8.08.